The van der Waals surface area contributed by atoms with Gasteiger partial charge in [-0.1, -0.05) is 25.8 Å². The molecule has 0 rings (SSSR count). The van der Waals surface area contributed by atoms with Crippen LogP contribution in [-0.2, 0) is 14.9 Å². The topological polar surface area (TPSA) is 91.7 Å². The molecule has 0 aliphatic heterocycles. The van der Waals surface area contributed by atoms with E-state index in [2.05, 4.69) is 6.92 Å². The molecule has 0 saturated carbocycles. The SMILES string of the molecule is CCCCCC=C(C)C(=O)O.CS(=O)(=O)O. The predicted molar refractivity (Wildman–Crippen MR) is 63.0 cm³/mol. The van der Waals surface area contributed by atoms with Gasteiger partial charge in [0.2, 0.25) is 0 Å². The van der Waals surface area contributed by atoms with E-state index in [0.717, 1.165) is 12.8 Å². The van der Waals surface area contributed by atoms with Gasteiger partial charge in [-0.05, 0) is 19.8 Å². The maximum atomic E-state index is 10.3. The lowest BCUT2D eigenvalue weighted by Crippen LogP contribution is -1.95. The summed E-state index contributed by atoms with van der Waals surface area (Å²) in [5, 5.41) is 8.47. The van der Waals surface area contributed by atoms with E-state index in [1.807, 2.05) is 0 Å². The van der Waals surface area contributed by atoms with E-state index in [1.165, 1.54) is 12.8 Å². The Bertz CT molecular complexity index is 308. The molecule has 0 heterocycles. The van der Waals surface area contributed by atoms with Crippen molar-refractivity contribution in [3.05, 3.63) is 11.6 Å². The highest BCUT2D eigenvalue weighted by Crippen LogP contribution is 2.02. The summed E-state index contributed by atoms with van der Waals surface area (Å²) in [4.78, 5) is 10.3. The molecule has 0 saturated heterocycles. The molecule has 0 aliphatic carbocycles. The first-order valence-electron chi connectivity index (χ1n) is 5.01. The van der Waals surface area contributed by atoms with Crippen molar-refractivity contribution < 1.29 is 22.9 Å². The number of carboxylic acids is 1. The Hall–Kier alpha value is -0.880. The second kappa shape index (κ2) is 9.35. The van der Waals surface area contributed by atoms with Crippen LogP contribution >= 0.6 is 0 Å². The lowest BCUT2D eigenvalue weighted by atomic mass is 10.1. The van der Waals surface area contributed by atoms with Gasteiger partial charge in [-0.15, -0.1) is 0 Å². The van der Waals surface area contributed by atoms with Gasteiger partial charge in [0.1, 0.15) is 0 Å². The molecule has 6 heteroatoms. The Kier molecular flexibility index (Phi) is 10.2. The second-order valence-electron chi connectivity index (χ2n) is 3.42. The van der Waals surface area contributed by atoms with Crippen molar-refractivity contribution in [1.29, 1.82) is 0 Å². The van der Waals surface area contributed by atoms with Gasteiger partial charge in [0, 0.05) is 5.57 Å². The minimum Gasteiger partial charge on any atom is -0.478 e. The molecule has 16 heavy (non-hydrogen) atoms. The average Bonchev–Trinajstić information content (AvgIpc) is 2.09. The van der Waals surface area contributed by atoms with E-state index in [0.29, 0.717) is 11.8 Å². The van der Waals surface area contributed by atoms with E-state index in [9.17, 15) is 13.2 Å². The zero-order chi connectivity index (χ0) is 13.2. The van der Waals surface area contributed by atoms with Crippen molar-refractivity contribution in [2.24, 2.45) is 0 Å². The van der Waals surface area contributed by atoms with Crippen molar-refractivity contribution in [2.75, 3.05) is 6.26 Å². The van der Waals surface area contributed by atoms with Gasteiger partial charge < -0.3 is 5.11 Å². The molecule has 0 aromatic rings. The van der Waals surface area contributed by atoms with Gasteiger partial charge in [0.05, 0.1) is 6.26 Å². The minimum atomic E-state index is -3.67. The van der Waals surface area contributed by atoms with E-state index < -0.39 is 16.1 Å². The molecule has 0 radical (unpaired) electrons. The fourth-order valence-corrected chi connectivity index (χ4v) is 0.800. The maximum absolute atomic E-state index is 10.3. The van der Waals surface area contributed by atoms with Gasteiger partial charge >= 0.3 is 5.97 Å². The molecule has 0 fully saturated rings. The fourth-order valence-electron chi connectivity index (χ4n) is 0.800. The summed E-state index contributed by atoms with van der Waals surface area (Å²) in [5.74, 6) is -0.804. The van der Waals surface area contributed by atoms with Crippen LogP contribution < -0.4 is 0 Å². The summed E-state index contributed by atoms with van der Waals surface area (Å²) in [6.07, 6.45) is 6.86. The first kappa shape index (κ1) is 17.5. The lowest BCUT2D eigenvalue weighted by molar-refractivity contribution is -0.132. The monoisotopic (exact) mass is 252 g/mol. The Morgan fingerprint density at radius 1 is 1.31 bits per heavy atom. The van der Waals surface area contributed by atoms with Crippen molar-refractivity contribution in [3.8, 4) is 0 Å². The standard InChI is InChI=1S/C9H16O2.CH4O3S/c1-3-4-5-6-7-8(2)9(10)11;1-5(2,3)4/h7H,3-6H2,1-2H3,(H,10,11);1H3,(H,2,3,4). The van der Waals surface area contributed by atoms with Gasteiger partial charge in [-0.3, -0.25) is 4.55 Å². The van der Waals surface area contributed by atoms with E-state index in [-0.39, 0.29) is 0 Å². The second-order valence-corrected chi connectivity index (χ2v) is 4.89. The smallest absolute Gasteiger partial charge is 0.330 e. The zero-order valence-electron chi connectivity index (χ0n) is 9.93. The highest BCUT2D eigenvalue weighted by atomic mass is 32.2. The van der Waals surface area contributed by atoms with Crippen LogP contribution in [0, 0.1) is 0 Å². The first-order valence-corrected chi connectivity index (χ1v) is 6.85. The summed E-state index contributed by atoms with van der Waals surface area (Å²) in [5.41, 5.74) is 0.459. The summed E-state index contributed by atoms with van der Waals surface area (Å²) in [6.45, 7) is 3.77. The zero-order valence-corrected chi connectivity index (χ0v) is 10.7. The quantitative estimate of drug-likeness (QED) is 0.444. The summed E-state index contributed by atoms with van der Waals surface area (Å²) >= 11 is 0. The number of unbranched alkanes of at least 4 members (excludes halogenated alkanes) is 3. The molecule has 0 unspecified atom stereocenters. The number of carbonyl (C=O) groups is 1. The number of hydrogen-bond acceptors (Lipinski definition) is 3. The van der Waals surface area contributed by atoms with Gasteiger partial charge in [-0.2, -0.15) is 8.42 Å². The normalized spacial score (nSPS) is 11.6. The molecular weight excluding hydrogens is 232 g/mol. The van der Waals surface area contributed by atoms with Gasteiger partial charge in [0.15, 0.2) is 0 Å². The Balaban J connectivity index is 0. The van der Waals surface area contributed by atoms with Crippen molar-refractivity contribution >= 4 is 16.1 Å². The van der Waals surface area contributed by atoms with Crippen LogP contribution in [0.5, 0.6) is 0 Å². The van der Waals surface area contributed by atoms with Crippen LogP contribution in [0.4, 0.5) is 0 Å². The summed E-state index contributed by atoms with van der Waals surface area (Å²) in [7, 11) is -3.67. The molecule has 2 N–H and O–H groups in total. The third kappa shape index (κ3) is 23.2. The van der Waals surface area contributed by atoms with Crippen LogP contribution in [-0.4, -0.2) is 30.3 Å². The maximum Gasteiger partial charge on any atom is 0.330 e. The number of carboxylic acid groups (broad SMARTS) is 1. The van der Waals surface area contributed by atoms with Crippen LogP contribution in [0.15, 0.2) is 11.6 Å². The molecule has 0 spiro atoms. The molecule has 5 nitrogen and oxygen atoms in total. The summed E-state index contributed by atoms with van der Waals surface area (Å²) in [6, 6.07) is 0. The number of allylic oxidation sites excluding steroid dienone is 1. The van der Waals surface area contributed by atoms with Crippen molar-refractivity contribution in [3.63, 3.8) is 0 Å². The van der Waals surface area contributed by atoms with Crippen LogP contribution in [0.2, 0.25) is 0 Å². The molecule has 0 aromatic carbocycles. The molecular formula is C10H20O5S. The van der Waals surface area contributed by atoms with Crippen LogP contribution in [0.1, 0.15) is 39.5 Å². The van der Waals surface area contributed by atoms with Crippen molar-refractivity contribution in [1.82, 2.24) is 0 Å². The Morgan fingerprint density at radius 3 is 2.06 bits per heavy atom. The molecule has 96 valence electrons. The third-order valence-corrected chi connectivity index (χ3v) is 1.60. The fraction of sp³-hybridized carbons (Fsp3) is 0.700. The van der Waals surface area contributed by atoms with Gasteiger partial charge in [-0.25, -0.2) is 4.79 Å². The Morgan fingerprint density at radius 2 is 1.75 bits per heavy atom. The van der Waals surface area contributed by atoms with Crippen LogP contribution in [0.3, 0.4) is 0 Å². The van der Waals surface area contributed by atoms with Crippen LogP contribution in [0.25, 0.3) is 0 Å². The number of aliphatic carboxylic acids is 1. The van der Waals surface area contributed by atoms with E-state index in [1.54, 1.807) is 13.0 Å². The molecule has 0 aromatic heterocycles. The van der Waals surface area contributed by atoms with Gasteiger partial charge in [0.25, 0.3) is 10.1 Å². The highest BCUT2D eigenvalue weighted by Gasteiger charge is 1.96. The van der Waals surface area contributed by atoms with E-state index >= 15 is 0 Å². The average molecular weight is 252 g/mol. The number of rotatable bonds is 5. The third-order valence-electron chi connectivity index (χ3n) is 1.60. The largest absolute Gasteiger partial charge is 0.478 e. The van der Waals surface area contributed by atoms with E-state index in [4.69, 9.17) is 9.66 Å². The molecule has 0 aliphatic rings. The number of hydrogen-bond donors (Lipinski definition) is 2. The highest BCUT2D eigenvalue weighted by molar-refractivity contribution is 7.85. The molecule has 0 bridgehead atoms. The minimum absolute atomic E-state index is 0.459. The lowest BCUT2D eigenvalue weighted by Gasteiger charge is -1.93. The van der Waals surface area contributed by atoms with Crippen molar-refractivity contribution in [2.45, 2.75) is 39.5 Å². The molecule has 0 amide bonds. The summed E-state index contributed by atoms with van der Waals surface area (Å²) < 4.78 is 25.9. The predicted octanol–water partition coefficient (Wildman–Crippen LogP) is 2.10. The first-order chi connectivity index (χ1) is 7.18. The molecule has 0 atom stereocenters. The Labute approximate surface area is 96.9 Å².